The number of benzene rings is 3. The Hall–Kier alpha value is -3.73. The van der Waals surface area contributed by atoms with E-state index in [0.717, 1.165) is 16.7 Å². The molecule has 0 unspecified atom stereocenters. The molecule has 9 nitrogen and oxygen atoms in total. The molecule has 44 heavy (non-hydrogen) atoms. The highest BCUT2D eigenvalue weighted by atomic mass is 32.2. The molecule has 0 aliphatic carbocycles. The fourth-order valence-electron chi connectivity index (χ4n) is 5.08. The lowest BCUT2D eigenvalue weighted by Crippen LogP contribution is -2.49. The Morgan fingerprint density at radius 3 is 2.14 bits per heavy atom. The molecule has 10 heteroatoms. The second-order valence-electron chi connectivity index (χ2n) is 11.7. The lowest BCUT2D eigenvalue weighted by molar-refractivity contribution is -0.155. The summed E-state index contributed by atoms with van der Waals surface area (Å²) >= 11 is 0. The van der Waals surface area contributed by atoms with Gasteiger partial charge in [0.2, 0.25) is 10.0 Å². The van der Waals surface area contributed by atoms with E-state index in [9.17, 15) is 18.0 Å². The largest absolute Gasteiger partial charge is 0.489 e. The zero-order valence-corrected chi connectivity index (χ0v) is 26.7. The van der Waals surface area contributed by atoms with Gasteiger partial charge in [-0.1, -0.05) is 54.6 Å². The molecule has 3 aromatic rings. The van der Waals surface area contributed by atoms with Crippen LogP contribution in [-0.2, 0) is 35.7 Å². The number of sulfonamides is 1. The van der Waals surface area contributed by atoms with Crippen molar-refractivity contribution in [1.29, 1.82) is 0 Å². The van der Waals surface area contributed by atoms with Crippen LogP contribution in [0.5, 0.6) is 5.75 Å². The highest BCUT2D eigenvalue weighted by Crippen LogP contribution is 2.31. The molecule has 0 N–H and O–H groups in total. The summed E-state index contributed by atoms with van der Waals surface area (Å²) in [6.45, 7) is 9.61. The Morgan fingerprint density at radius 2 is 1.50 bits per heavy atom. The van der Waals surface area contributed by atoms with Crippen molar-refractivity contribution in [2.24, 2.45) is 0 Å². The van der Waals surface area contributed by atoms with Crippen molar-refractivity contribution in [3.8, 4) is 5.75 Å². The van der Waals surface area contributed by atoms with Gasteiger partial charge in [0, 0.05) is 32.1 Å². The van der Waals surface area contributed by atoms with Gasteiger partial charge in [0.1, 0.15) is 18.0 Å². The number of esters is 2. The van der Waals surface area contributed by atoms with Crippen molar-refractivity contribution in [3.05, 3.63) is 95.6 Å². The maximum atomic E-state index is 13.2. The Labute approximate surface area is 260 Å². The number of carbonyl (C=O) groups excluding carboxylic acids is 2. The molecule has 1 fully saturated rings. The average molecular weight is 623 g/mol. The summed E-state index contributed by atoms with van der Waals surface area (Å²) in [6, 6.07) is 24.2. The first-order valence-electron chi connectivity index (χ1n) is 14.9. The van der Waals surface area contributed by atoms with Crippen LogP contribution in [0, 0.1) is 0 Å². The molecule has 0 saturated carbocycles. The minimum Gasteiger partial charge on any atom is -0.489 e. The van der Waals surface area contributed by atoms with Gasteiger partial charge in [-0.3, -0.25) is 14.5 Å². The van der Waals surface area contributed by atoms with E-state index >= 15 is 0 Å². The van der Waals surface area contributed by atoms with Crippen LogP contribution < -0.4 is 4.74 Å². The number of rotatable bonds is 12. The predicted molar refractivity (Wildman–Crippen MR) is 168 cm³/mol. The Balaban J connectivity index is 1.38. The Bertz CT molecular complexity index is 1490. The van der Waals surface area contributed by atoms with Crippen molar-refractivity contribution in [3.63, 3.8) is 0 Å². The third-order valence-corrected chi connectivity index (χ3v) is 9.12. The fraction of sp³-hybridized carbons (Fsp3) is 0.412. The monoisotopic (exact) mass is 622 g/mol. The lowest BCUT2D eigenvalue weighted by Gasteiger charge is -2.33. The summed E-state index contributed by atoms with van der Waals surface area (Å²) in [7, 11) is -3.66. The van der Waals surface area contributed by atoms with E-state index in [0.29, 0.717) is 38.5 Å². The van der Waals surface area contributed by atoms with Crippen LogP contribution in [0.2, 0.25) is 0 Å². The smallest absolute Gasteiger partial charge is 0.320 e. The summed E-state index contributed by atoms with van der Waals surface area (Å²) in [6.07, 6.45) is 0.196. The Kier molecular flexibility index (Phi) is 11.2. The summed E-state index contributed by atoms with van der Waals surface area (Å²) < 4.78 is 44.6. The van der Waals surface area contributed by atoms with Crippen LogP contribution in [-0.4, -0.2) is 74.5 Å². The van der Waals surface area contributed by atoms with Crippen LogP contribution in [0.1, 0.15) is 56.7 Å². The first kappa shape index (κ1) is 33.2. The van der Waals surface area contributed by atoms with E-state index in [1.807, 2.05) is 80.3 Å². The molecule has 3 aromatic carbocycles. The number of ether oxygens (including phenoxy) is 3. The molecule has 236 valence electrons. The van der Waals surface area contributed by atoms with Crippen LogP contribution in [0.25, 0.3) is 0 Å². The van der Waals surface area contributed by atoms with Gasteiger partial charge >= 0.3 is 11.9 Å². The first-order valence-corrected chi connectivity index (χ1v) is 16.4. The number of piperazine rings is 1. The summed E-state index contributed by atoms with van der Waals surface area (Å²) in [5.41, 5.74) is 2.19. The molecule has 1 atom stereocenters. The molecule has 0 spiro atoms. The maximum Gasteiger partial charge on any atom is 0.320 e. The fourth-order valence-corrected chi connectivity index (χ4v) is 6.50. The second-order valence-corrected chi connectivity index (χ2v) is 13.7. The molecular weight excluding hydrogens is 580 g/mol. The van der Waals surface area contributed by atoms with Crippen molar-refractivity contribution >= 4 is 22.0 Å². The van der Waals surface area contributed by atoms with Crippen molar-refractivity contribution in [1.82, 2.24) is 9.21 Å². The highest BCUT2D eigenvalue weighted by molar-refractivity contribution is 7.89. The lowest BCUT2D eigenvalue weighted by atomic mass is 9.88. The normalized spacial score (nSPS) is 15.4. The van der Waals surface area contributed by atoms with Gasteiger partial charge in [-0.25, -0.2) is 8.42 Å². The van der Waals surface area contributed by atoms with Crippen LogP contribution in [0.3, 0.4) is 0 Å². The van der Waals surface area contributed by atoms with Gasteiger partial charge in [0.05, 0.1) is 24.5 Å². The number of nitrogens with zero attached hydrogens (tertiary/aromatic N) is 2. The molecule has 4 rings (SSSR count). The molecule has 0 bridgehead atoms. The SMILES string of the molecule is CCOC(=O)CN1CCN(S(=O)(=O)c2ccc(COc3cccc([C@@H](CC(=O)OC(C)(C)C)c4ccccc4)c3)cc2)CC1. The van der Waals surface area contributed by atoms with E-state index in [4.69, 9.17) is 14.2 Å². The highest BCUT2D eigenvalue weighted by Gasteiger charge is 2.29. The second kappa shape index (κ2) is 14.8. The van der Waals surface area contributed by atoms with E-state index in [2.05, 4.69) is 0 Å². The third kappa shape index (κ3) is 9.38. The topological polar surface area (TPSA) is 102 Å². The van der Waals surface area contributed by atoms with E-state index in [1.165, 1.54) is 4.31 Å². The zero-order valence-electron chi connectivity index (χ0n) is 25.9. The van der Waals surface area contributed by atoms with E-state index in [-0.39, 0.29) is 42.3 Å². The van der Waals surface area contributed by atoms with Gasteiger partial charge in [-0.05, 0) is 68.7 Å². The minimum absolute atomic E-state index is 0.163. The molecule has 1 heterocycles. The summed E-state index contributed by atoms with van der Waals surface area (Å²) in [5, 5.41) is 0. The Morgan fingerprint density at radius 1 is 0.841 bits per heavy atom. The van der Waals surface area contributed by atoms with E-state index in [1.54, 1.807) is 31.2 Å². The molecule has 1 saturated heterocycles. The number of hydrogen-bond acceptors (Lipinski definition) is 8. The number of hydrogen-bond donors (Lipinski definition) is 0. The average Bonchev–Trinajstić information content (AvgIpc) is 2.99. The minimum atomic E-state index is -3.66. The van der Waals surface area contributed by atoms with Gasteiger partial charge in [0.25, 0.3) is 0 Å². The molecule has 0 aromatic heterocycles. The van der Waals surface area contributed by atoms with Gasteiger partial charge in [-0.2, -0.15) is 4.31 Å². The van der Waals surface area contributed by atoms with Crippen molar-refractivity contribution in [2.75, 3.05) is 39.3 Å². The number of carbonyl (C=O) groups is 2. The molecule has 1 aliphatic rings. The van der Waals surface area contributed by atoms with Gasteiger partial charge in [-0.15, -0.1) is 0 Å². The summed E-state index contributed by atoms with van der Waals surface area (Å²) in [5.74, 6) is -0.132. The molecule has 1 aliphatic heterocycles. The van der Waals surface area contributed by atoms with Gasteiger partial charge < -0.3 is 14.2 Å². The standard InChI is InChI=1S/C34H42N2O7S/c1-5-41-33(38)24-35-18-20-36(21-19-35)44(39,40)30-16-14-26(15-17-30)25-42-29-13-9-12-28(22-29)31(27-10-7-6-8-11-27)23-32(37)43-34(2,3)4/h6-17,22,31H,5,18-21,23-25H2,1-4H3/t31-/m0/s1. The van der Waals surface area contributed by atoms with Crippen molar-refractivity contribution in [2.45, 2.75) is 57.1 Å². The van der Waals surface area contributed by atoms with Crippen LogP contribution >= 0.6 is 0 Å². The van der Waals surface area contributed by atoms with E-state index < -0.39 is 15.6 Å². The quantitative estimate of drug-likeness (QED) is 0.260. The summed E-state index contributed by atoms with van der Waals surface area (Å²) in [4.78, 5) is 26.6. The van der Waals surface area contributed by atoms with Crippen LogP contribution in [0.15, 0.2) is 83.8 Å². The maximum absolute atomic E-state index is 13.2. The molecule has 0 amide bonds. The first-order chi connectivity index (χ1) is 20.9. The van der Waals surface area contributed by atoms with Crippen LogP contribution in [0.4, 0.5) is 0 Å². The molecule has 0 radical (unpaired) electrons. The predicted octanol–water partition coefficient (Wildman–Crippen LogP) is 5.00. The van der Waals surface area contributed by atoms with Crippen molar-refractivity contribution < 1.29 is 32.2 Å². The molecular formula is C34H42N2O7S. The zero-order chi connectivity index (χ0) is 31.7. The van der Waals surface area contributed by atoms with Gasteiger partial charge in [0.15, 0.2) is 0 Å². The third-order valence-electron chi connectivity index (χ3n) is 7.21.